The van der Waals surface area contributed by atoms with Gasteiger partial charge in [0.25, 0.3) is 0 Å². The zero-order valence-corrected chi connectivity index (χ0v) is 20.4. The topological polar surface area (TPSA) is 120 Å². The standard InChI is InChI=1S/C24H31N9O2/c1-5-25-24(35)29-20-8-6-19(7-9-20)28-23-27-15-32(30-23)21-10-11-26-22(12-21)31-13-16(2)33(18(4)34)17(3)14-31/h6-12,15-17H,5,13-14H2,1-4H3,(H,28,30)(H2,25,29,35). The number of piperazine rings is 1. The van der Waals surface area contributed by atoms with Crippen LogP contribution in [0.25, 0.3) is 5.69 Å². The molecule has 11 heteroatoms. The van der Waals surface area contributed by atoms with Crippen molar-refractivity contribution in [2.24, 2.45) is 0 Å². The summed E-state index contributed by atoms with van der Waals surface area (Å²) in [4.78, 5) is 36.6. The van der Waals surface area contributed by atoms with Gasteiger partial charge in [-0.05, 0) is 51.1 Å². The largest absolute Gasteiger partial charge is 0.352 e. The smallest absolute Gasteiger partial charge is 0.319 e. The van der Waals surface area contributed by atoms with E-state index in [1.165, 1.54) is 0 Å². The molecule has 0 spiro atoms. The Balaban J connectivity index is 1.42. The summed E-state index contributed by atoms with van der Waals surface area (Å²) in [5.74, 6) is 1.39. The average Bonchev–Trinajstić information content (AvgIpc) is 3.28. The van der Waals surface area contributed by atoms with Gasteiger partial charge >= 0.3 is 6.03 Å². The maximum Gasteiger partial charge on any atom is 0.319 e. The fourth-order valence-corrected chi connectivity index (χ4v) is 4.40. The van der Waals surface area contributed by atoms with E-state index in [2.05, 4.69) is 49.8 Å². The summed E-state index contributed by atoms with van der Waals surface area (Å²) in [5.41, 5.74) is 2.33. The first-order valence-corrected chi connectivity index (χ1v) is 11.7. The van der Waals surface area contributed by atoms with Crippen LogP contribution in [0.2, 0.25) is 0 Å². The maximum atomic E-state index is 12.0. The van der Waals surface area contributed by atoms with Gasteiger partial charge in [-0.3, -0.25) is 4.79 Å². The molecule has 1 aliphatic rings. The molecule has 3 aromatic rings. The van der Waals surface area contributed by atoms with E-state index in [1.807, 2.05) is 36.1 Å². The summed E-state index contributed by atoms with van der Waals surface area (Å²) in [6.07, 6.45) is 3.40. The Hall–Kier alpha value is -4.15. The lowest BCUT2D eigenvalue weighted by molar-refractivity contribution is -0.133. The molecule has 2 unspecified atom stereocenters. The number of carbonyl (C=O) groups is 2. The van der Waals surface area contributed by atoms with Crippen molar-refractivity contribution < 1.29 is 9.59 Å². The van der Waals surface area contributed by atoms with Crippen LogP contribution in [-0.4, -0.2) is 68.3 Å². The summed E-state index contributed by atoms with van der Waals surface area (Å²) < 4.78 is 1.69. The molecule has 35 heavy (non-hydrogen) atoms. The number of anilines is 4. The van der Waals surface area contributed by atoms with Crippen LogP contribution in [0.5, 0.6) is 0 Å². The number of pyridine rings is 1. The molecule has 3 heterocycles. The summed E-state index contributed by atoms with van der Waals surface area (Å²) in [5, 5.41) is 13.2. The number of hydrogen-bond acceptors (Lipinski definition) is 7. The number of carbonyl (C=O) groups excluding carboxylic acids is 2. The lowest BCUT2D eigenvalue weighted by atomic mass is 10.1. The summed E-state index contributed by atoms with van der Waals surface area (Å²) >= 11 is 0. The molecule has 11 nitrogen and oxygen atoms in total. The third kappa shape index (κ3) is 5.68. The number of hydrogen-bond donors (Lipinski definition) is 3. The van der Waals surface area contributed by atoms with Crippen molar-refractivity contribution in [1.29, 1.82) is 0 Å². The highest BCUT2D eigenvalue weighted by atomic mass is 16.2. The van der Waals surface area contributed by atoms with Crippen molar-refractivity contribution in [2.45, 2.75) is 39.8 Å². The molecule has 1 fully saturated rings. The van der Waals surface area contributed by atoms with Gasteiger partial charge in [0.15, 0.2) is 0 Å². The van der Waals surface area contributed by atoms with Crippen molar-refractivity contribution in [1.82, 2.24) is 30.0 Å². The molecule has 4 rings (SSSR count). The highest BCUT2D eigenvalue weighted by Crippen LogP contribution is 2.23. The fraction of sp³-hybridized carbons (Fsp3) is 0.375. The van der Waals surface area contributed by atoms with Crippen molar-refractivity contribution in [3.63, 3.8) is 0 Å². The molecule has 184 valence electrons. The zero-order valence-electron chi connectivity index (χ0n) is 20.4. The molecule has 0 radical (unpaired) electrons. The van der Waals surface area contributed by atoms with E-state index in [0.29, 0.717) is 18.2 Å². The van der Waals surface area contributed by atoms with E-state index in [9.17, 15) is 9.59 Å². The number of nitrogens with zero attached hydrogens (tertiary/aromatic N) is 6. The lowest BCUT2D eigenvalue weighted by Crippen LogP contribution is -2.58. The van der Waals surface area contributed by atoms with E-state index in [1.54, 1.807) is 36.3 Å². The lowest BCUT2D eigenvalue weighted by Gasteiger charge is -2.44. The van der Waals surface area contributed by atoms with E-state index in [-0.39, 0.29) is 24.0 Å². The summed E-state index contributed by atoms with van der Waals surface area (Å²) in [6, 6.07) is 11.1. The number of benzene rings is 1. The number of urea groups is 1. The van der Waals surface area contributed by atoms with Crippen LogP contribution in [-0.2, 0) is 4.79 Å². The van der Waals surface area contributed by atoms with Gasteiger partial charge in [-0.2, -0.15) is 4.98 Å². The highest BCUT2D eigenvalue weighted by Gasteiger charge is 2.31. The minimum absolute atomic E-state index is 0.0990. The predicted octanol–water partition coefficient (Wildman–Crippen LogP) is 2.99. The van der Waals surface area contributed by atoms with Gasteiger partial charge in [-0.1, -0.05) is 0 Å². The Kier molecular flexibility index (Phi) is 7.14. The third-order valence-corrected chi connectivity index (χ3v) is 5.83. The van der Waals surface area contributed by atoms with Crippen LogP contribution in [0.15, 0.2) is 48.9 Å². The Labute approximate surface area is 204 Å². The molecule has 1 aliphatic heterocycles. The van der Waals surface area contributed by atoms with Gasteiger partial charge in [-0.25, -0.2) is 14.5 Å². The Morgan fingerprint density at radius 2 is 1.71 bits per heavy atom. The quantitative estimate of drug-likeness (QED) is 0.499. The Morgan fingerprint density at radius 1 is 1.03 bits per heavy atom. The Morgan fingerprint density at radius 3 is 2.37 bits per heavy atom. The van der Waals surface area contributed by atoms with Crippen LogP contribution >= 0.6 is 0 Å². The third-order valence-electron chi connectivity index (χ3n) is 5.83. The number of nitrogens with one attached hydrogen (secondary N) is 3. The monoisotopic (exact) mass is 477 g/mol. The first-order chi connectivity index (χ1) is 16.8. The van der Waals surface area contributed by atoms with Crippen molar-refractivity contribution in [2.75, 3.05) is 35.2 Å². The normalized spacial score (nSPS) is 17.7. The minimum Gasteiger partial charge on any atom is -0.352 e. The zero-order chi connectivity index (χ0) is 24.9. The molecule has 0 bridgehead atoms. The SMILES string of the molecule is CCNC(=O)Nc1ccc(Nc2ncn(-c3ccnc(N4CC(C)N(C(C)=O)C(C)C4)c3)n2)cc1. The summed E-state index contributed by atoms with van der Waals surface area (Å²) in [7, 11) is 0. The van der Waals surface area contributed by atoms with Crippen LogP contribution in [0, 0.1) is 0 Å². The molecular formula is C24H31N9O2. The molecular weight excluding hydrogens is 446 g/mol. The second-order valence-electron chi connectivity index (χ2n) is 8.60. The second kappa shape index (κ2) is 10.4. The number of rotatable bonds is 6. The van der Waals surface area contributed by atoms with Gasteiger partial charge in [0.1, 0.15) is 12.1 Å². The van der Waals surface area contributed by atoms with Crippen molar-refractivity contribution in [3.8, 4) is 5.69 Å². The molecule has 0 saturated carbocycles. The minimum atomic E-state index is -0.241. The molecule has 2 aromatic heterocycles. The van der Waals surface area contributed by atoms with E-state index in [4.69, 9.17) is 0 Å². The first kappa shape index (κ1) is 24.0. The van der Waals surface area contributed by atoms with E-state index in [0.717, 1.165) is 30.3 Å². The van der Waals surface area contributed by atoms with Gasteiger partial charge in [0.05, 0.1) is 5.69 Å². The van der Waals surface area contributed by atoms with Gasteiger partial charge < -0.3 is 25.8 Å². The van der Waals surface area contributed by atoms with Gasteiger partial charge in [0.2, 0.25) is 11.9 Å². The van der Waals surface area contributed by atoms with Crippen LogP contribution in [0.3, 0.4) is 0 Å². The highest BCUT2D eigenvalue weighted by molar-refractivity contribution is 5.89. The first-order valence-electron chi connectivity index (χ1n) is 11.7. The second-order valence-corrected chi connectivity index (χ2v) is 8.60. The van der Waals surface area contributed by atoms with Crippen molar-refractivity contribution >= 4 is 35.1 Å². The maximum absolute atomic E-state index is 12.0. The number of aromatic nitrogens is 4. The molecule has 1 saturated heterocycles. The molecule has 0 aliphatic carbocycles. The van der Waals surface area contributed by atoms with Gasteiger partial charge in [0, 0.05) is 62.3 Å². The molecule has 1 aromatic carbocycles. The molecule has 3 N–H and O–H groups in total. The molecule has 3 amide bonds. The van der Waals surface area contributed by atoms with Gasteiger partial charge in [-0.15, -0.1) is 5.10 Å². The van der Waals surface area contributed by atoms with Crippen molar-refractivity contribution in [3.05, 3.63) is 48.9 Å². The number of amides is 3. The predicted molar refractivity (Wildman–Crippen MR) is 135 cm³/mol. The van der Waals surface area contributed by atoms with E-state index < -0.39 is 0 Å². The van der Waals surface area contributed by atoms with Crippen LogP contribution < -0.4 is 20.9 Å². The van der Waals surface area contributed by atoms with E-state index >= 15 is 0 Å². The van der Waals surface area contributed by atoms with Crippen LogP contribution in [0.1, 0.15) is 27.7 Å². The van der Waals surface area contributed by atoms with Crippen LogP contribution in [0.4, 0.5) is 27.9 Å². The Bertz CT molecular complexity index is 1170. The average molecular weight is 478 g/mol. The molecule has 2 atom stereocenters. The fourth-order valence-electron chi connectivity index (χ4n) is 4.40. The summed E-state index contributed by atoms with van der Waals surface area (Å²) in [6.45, 7) is 9.61.